The van der Waals surface area contributed by atoms with Crippen LogP contribution < -0.4 is 0 Å². The van der Waals surface area contributed by atoms with Crippen molar-refractivity contribution in [2.45, 2.75) is 380 Å². The predicted molar refractivity (Wildman–Crippen MR) is 330 cm³/mol. The third-order valence-electron chi connectivity index (χ3n) is 15.4. The Kier molecular flexibility index (Phi) is 63.1. The Hall–Kier alpha value is -2.37. The molecular weight excluding hydrogens is 937 g/mol. The van der Waals surface area contributed by atoms with Crippen LogP contribution in [0, 0.1) is 0 Å². The number of hydrogen-bond donors (Lipinski definition) is 0. The van der Waals surface area contributed by atoms with Crippen LogP contribution in [0.3, 0.4) is 0 Å². The highest BCUT2D eigenvalue weighted by Crippen LogP contribution is 2.18. The lowest BCUT2D eigenvalue weighted by Crippen LogP contribution is -2.30. The summed E-state index contributed by atoms with van der Waals surface area (Å²) in [4.78, 5) is 38.3. The van der Waals surface area contributed by atoms with Gasteiger partial charge in [0.1, 0.15) is 13.2 Å². The molecule has 0 aromatic carbocycles. The molecule has 0 fully saturated rings. The van der Waals surface area contributed by atoms with E-state index in [0.717, 1.165) is 77.0 Å². The Labute approximate surface area is 474 Å². The van der Waals surface area contributed by atoms with Crippen LogP contribution in [0.5, 0.6) is 0 Å². The molecule has 1 atom stereocenters. The monoisotopic (exact) mass is 1070 g/mol. The maximum Gasteiger partial charge on any atom is 0.306 e. The molecule has 0 aliphatic carbocycles. The third kappa shape index (κ3) is 62.5. The van der Waals surface area contributed by atoms with Gasteiger partial charge in [0.05, 0.1) is 0 Å². The summed E-state index contributed by atoms with van der Waals surface area (Å²) < 4.78 is 16.9. The van der Waals surface area contributed by atoms with Crippen LogP contribution in [0.25, 0.3) is 0 Å². The number of ether oxygens (including phenoxy) is 3. The first-order valence-electron chi connectivity index (χ1n) is 34.0. The molecular formula is C70H130O6. The Bertz CT molecular complexity index is 1270. The number of allylic oxidation sites excluding steroid dienone is 6. The average molecular weight is 1070 g/mol. The molecule has 0 aromatic rings. The highest BCUT2D eigenvalue weighted by Gasteiger charge is 2.19. The Morgan fingerprint density at radius 1 is 0.263 bits per heavy atom. The zero-order valence-corrected chi connectivity index (χ0v) is 51.3. The number of carbonyl (C=O) groups is 3. The number of esters is 3. The van der Waals surface area contributed by atoms with Crippen molar-refractivity contribution in [2.75, 3.05) is 13.2 Å². The van der Waals surface area contributed by atoms with Gasteiger partial charge < -0.3 is 14.2 Å². The largest absolute Gasteiger partial charge is 0.462 e. The molecule has 0 saturated heterocycles. The van der Waals surface area contributed by atoms with E-state index >= 15 is 0 Å². The zero-order valence-electron chi connectivity index (χ0n) is 51.3. The number of carbonyl (C=O) groups excluding carboxylic acids is 3. The minimum Gasteiger partial charge on any atom is -0.462 e. The van der Waals surface area contributed by atoms with Crippen LogP contribution in [0.4, 0.5) is 0 Å². The quantitative estimate of drug-likeness (QED) is 0.0261. The first-order valence-corrected chi connectivity index (χ1v) is 34.0. The lowest BCUT2D eigenvalue weighted by Gasteiger charge is -2.18. The molecule has 0 bridgehead atoms. The van der Waals surface area contributed by atoms with Crippen LogP contribution in [-0.4, -0.2) is 37.2 Å². The summed E-state index contributed by atoms with van der Waals surface area (Å²) in [5, 5.41) is 0. The van der Waals surface area contributed by atoms with Gasteiger partial charge in [-0.15, -0.1) is 0 Å². The van der Waals surface area contributed by atoms with Crippen LogP contribution in [0.2, 0.25) is 0 Å². The van der Waals surface area contributed by atoms with Crippen molar-refractivity contribution < 1.29 is 28.6 Å². The second-order valence-electron chi connectivity index (χ2n) is 23.1. The van der Waals surface area contributed by atoms with Crippen molar-refractivity contribution in [3.8, 4) is 0 Å². The van der Waals surface area contributed by atoms with Crippen molar-refractivity contribution in [3.05, 3.63) is 36.5 Å². The fraction of sp³-hybridized carbons (Fsp3) is 0.871. The number of hydrogen-bond acceptors (Lipinski definition) is 6. The molecule has 0 aliphatic rings. The number of rotatable bonds is 63. The second kappa shape index (κ2) is 65.2. The fourth-order valence-corrected chi connectivity index (χ4v) is 10.2. The topological polar surface area (TPSA) is 78.9 Å². The normalized spacial score (nSPS) is 12.2. The molecule has 6 nitrogen and oxygen atoms in total. The van der Waals surface area contributed by atoms with Gasteiger partial charge in [-0.05, 0) is 77.0 Å². The van der Waals surface area contributed by atoms with E-state index in [0.29, 0.717) is 19.3 Å². The van der Waals surface area contributed by atoms with E-state index in [2.05, 4.69) is 57.2 Å². The fourth-order valence-electron chi connectivity index (χ4n) is 10.2. The van der Waals surface area contributed by atoms with Crippen molar-refractivity contribution in [3.63, 3.8) is 0 Å². The maximum absolute atomic E-state index is 12.9. The summed E-state index contributed by atoms with van der Waals surface area (Å²) in [6, 6.07) is 0. The molecule has 76 heavy (non-hydrogen) atoms. The third-order valence-corrected chi connectivity index (χ3v) is 15.4. The van der Waals surface area contributed by atoms with Crippen molar-refractivity contribution in [1.82, 2.24) is 0 Å². The highest BCUT2D eigenvalue weighted by atomic mass is 16.6. The minimum absolute atomic E-state index is 0.0728. The van der Waals surface area contributed by atoms with Gasteiger partial charge in [-0.25, -0.2) is 0 Å². The smallest absolute Gasteiger partial charge is 0.306 e. The molecule has 446 valence electrons. The summed E-state index contributed by atoms with van der Waals surface area (Å²) >= 11 is 0. The lowest BCUT2D eigenvalue weighted by molar-refractivity contribution is -0.167. The van der Waals surface area contributed by atoms with Crippen molar-refractivity contribution in [1.29, 1.82) is 0 Å². The second-order valence-corrected chi connectivity index (χ2v) is 23.1. The van der Waals surface area contributed by atoms with Gasteiger partial charge in [0.2, 0.25) is 0 Å². The molecule has 0 radical (unpaired) electrons. The first kappa shape index (κ1) is 73.6. The molecule has 0 saturated carbocycles. The predicted octanol–water partition coefficient (Wildman–Crippen LogP) is 23.2. The Morgan fingerprint density at radius 2 is 0.474 bits per heavy atom. The molecule has 0 aliphatic heterocycles. The molecule has 0 rings (SSSR count). The van der Waals surface area contributed by atoms with E-state index in [1.54, 1.807) is 0 Å². The summed E-state index contributed by atoms with van der Waals surface area (Å²) in [7, 11) is 0. The molecule has 1 unspecified atom stereocenters. The van der Waals surface area contributed by atoms with E-state index in [1.807, 2.05) is 0 Å². The van der Waals surface area contributed by atoms with Gasteiger partial charge in [0.15, 0.2) is 6.10 Å². The van der Waals surface area contributed by atoms with Crippen LogP contribution in [-0.2, 0) is 28.6 Å². The van der Waals surface area contributed by atoms with Crippen molar-refractivity contribution >= 4 is 17.9 Å². The molecule has 6 heteroatoms. The Morgan fingerprint density at radius 3 is 0.750 bits per heavy atom. The SMILES string of the molecule is CCCCCC/C=C\C/C=C\CCCCCCCC(=O)OC(COC(=O)CCCCCCCCCCCCCCC)COC(=O)CCCCCCCCCCCCCCCCCCC/C=C\CCCCCCCCCC. The molecule has 0 N–H and O–H groups in total. The van der Waals surface area contributed by atoms with Gasteiger partial charge >= 0.3 is 17.9 Å². The lowest BCUT2D eigenvalue weighted by atomic mass is 10.0. The standard InChI is InChI=1S/C70H130O6/c1-4-7-10-13-16-19-22-25-27-29-30-31-32-33-34-35-36-37-38-39-40-41-43-45-48-51-54-57-60-63-69(72)75-66-67(65-74-68(71)62-59-56-53-50-47-44-24-21-18-15-12-9-6-3)76-70(73)64-61-58-55-52-49-46-42-28-26-23-20-17-14-11-8-5-2/h20,23,28-30,42,67H,4-19,21-22,24-27,31-41,43-66H2,1-3H3/b23-20-,30-29-,42-28-. The van der Waals surface area contributed by atoms with Crippen LogP contribution in [0.1, 0.15) is 374 Å². The maximum atomic E-state index is 12.9. The summed E-state index contributed by atoms with van der Waals surface area (Å²) in [5.74, 6) is -0.861. The van der Waals surface area contributed by atoms with E-state index in [1.165, 1.54) is 257 Å². The van der Waals surface area contributed by atoms with Gasteiger partial charge in [-0.1, -0.05) is 314 Å². The van der Waals surface area contributed by atoms with Gasteiger partial charge in [-0.3, -0.25) is 14.4 Å². The Balaban J connectivity index is 4.17. The summed E-state index contributed by atoms with van der Waals surface area (Å²) in [6.07, 6.45) is 80.3. The van der Waals surface area contributed by atoms with E-state index in [-0.39, 0.29) is 31.1 Å². The van der Waals surface area contributed by atoms with Gasteiger partial charge in [0, 0.05) is 19.3 Å². The molecule has 0 aromatic heterocycles. The van der Waals surface area contributed by atoms with E-state index in [4.69, 9.17) is 14.2 Å². The van der Waals surface area contributed by atoms with Gasteiger partial charge in [-0.2, -0.15) is 0 Å². The van der Waals surface area contributed by atoms with E-state index in [9.17, 15) is 14.4 Å². The summed E-state index contributed by atoms with van der Waals surface area (Å²) in [5.41, 5.74) is 0. The minimum atomic E-state index is -0.776. The zero-order chi connectivity index (χ0) is 55.0. The van der Waals surface area contributed by atoms with E-state index < -0.39 is 6.10 Å². The van der Waals surface area contributed by atoms with Crippen LogP contribution in [0.15, 0.2) is 36.5 Å². The molecule has 0 amide bonds. The first-order chi connectivity index (χ1) is 37.5. The molecule has 0 spiro atoms. The number of unbranched alkanes of at least 4 members (excludes halogenated alkanes) is 46. The molecule has 0 heterocycles. The average Bonchev–Trinajstić information content (AvgIpc) is 3.42. The summed E-state index contributed by atoms with van der Waals surface area (Å²) in [6.45, 7) is 6.67. The van der Waals surface area contributed by atoms with Crippen LogP contribution >= 0.6 is 0 Å². The van der Waals surface area contributed by atoms with Gasteiger partial charge in [0.25, 0.3) is 0 Å². The van der Waals surface area contributed by atoms with Crippen molar-refractivity contribution in [2.24, 2.45) is 0 Å². The highest BCUT2D eigenvalue weighted by molar-refractivity contribution is 5.71.